The quantitative estimate of drug-likeness (QED) is 0.598. The molecule has 4 heteroatoms. The lowest BCUT2D eigenvalue weighted by Crippen LogP contribution is -2.51. The molecule has 0 unspecified atom stereocenters. The van der Waals surface area contributed by atoms with Gasteiger partial charge in [0, 0.05) is 12.5 Å². The molecule has 2 nitrogen and oxygen atoms in total. The van der Waals surface area contributed by atoms with Crippen LogP contribution in [0, 0.1) is 5.92 Å². The van der Waals surface area contributed by atoms with Gasteiger partial charge in [0.1, 0.15) is 0 Å². The predicted molar refractivity (Wildman–Crippen MR) is 32.7 cm³/mol. The van der Waals surface area contributed by atoms with Crippen LogP contribution in [-0.2, 0) is 0 Å². The van der Waals surface area contributed by atoms with E-state index in [1.165, 1.54) is 0 Å². The summed E-state index contributed by atoms with van der Waals surface area (Å²) in [5.74, 6) is -0.631. The Bertz CT molecular complexity index is 123. The highest BCUT2D eigenvalue weighted by molar-refractivity contribution is 4.95. The zero-order chi connectivity index (χ0) is 7.78. The molecule has 1 fully saturated rings. The molecule has 1 rings (SSSR count). The average Bonchev–Trinajstić information content (AvgIpc) is 1.80. The second-order valence-electron chi connectivity index (χ2n) is 2.93. The van der Waals surface area contributed by atoms with Crippen molar-refractivity contribution in [3.63, 3.8) is 0 Å². The van der Waals surface area contributed by atoms with Gasteiger partial charge < -0.3 is 10.8 Å². The van der Waals surface area contributed by atoms with E-state index in [1.807, 2.05) is 0 Å². The molecular formula is C6H11F2NO. The third kappa shape index (κ3) is 1.27. The van der Waals surface area contributed by atoms with E-state index in [0.29, 0.717) is 0 Å². The van der Waals surface area contributed by atoms with Crippen LogP contribution in [0.3, 0.4) is 0 Å². The van der Waals surface area contributed by atoms with Crippen molar-refractivity contribution >= 4 is 0 Å². The standard InChI is InChI=1S/C6H11F2NO/c7-5(8)4-1-6(10,2-4)3-9/h4-5,10H,1-3,9H2. The molecule has 1 aliphatic rings. The number of alkyl halides is 2. The minimum Gasteiger partial charge on any atom is -0.389 e. The minimum atomic E-state index is -2.30. The van der Waals surface area contributed by atoms with Gasteiger partial charge in [-0.05, 0) is 12.8 Å². The van der Waals surface area contributed by atoms with Crippen LogP contribution in [0.4, 0.5) is 8.78 Å². The number of aliphatic hydroxyl groups is 1. The molecule has 0 aromatic rings. The van der Waals surface area contributed by atoms with E-state index in [9.17, 15) is 13.9 Å². The second-order valence-corrected chi connectivity index (χ2v) is 2.93. The summed E-state index contributed by atoms with van der Waals surface area (Å²) >= 11 is 0. The highest BCUT2D eigenvalue weighted by Gasteiger charge is 2.45. The van der Waals surface area contributed by atoms with Gasteiger partial charge in [-0.1, -0.05) is 0 Å². The van der Waals surface area contributed by atoms with Crippen molar-refractivity contribution in [2.24, 2.45) is 11.7 Å². The molecule has 0 saturated heterocycles. The number of hydrogen-bond acceptors (Lipinski definition) is 2. The Balaban J connectivity index is 2.29. The molecule has 0 aromatic heterocycles. The maximum Gasteiger partial charge on any atom is 0.241 e. The van der Waals surface area contributed by atoms with Gasteiger partial charge in [-0.3, -0.25) is 0 Å². The average molecular weight is 151 g/mol. The summed E-state index contributed by atoms with van der Waals surface area (Å²) in [5, 5.41) is 9.18. The van der Waals surface area contributed by atoms with Gasteiger partial charge in [0.15, 0.2) is 0 Å². The molecule has 0 aromatic carbocycles. The predicted octanol–water partition coefficient (Wildman–Crippen LogP) is 0.351. The fraction of sp³-hybridized carbons (Fsp3) is 1.00. The monoisotopic (exact) mass is 151 g/mol. The van der Waals surface area contributed by atoms with Gasteiger partial charge in [-0.25, -0.2) is 8.78 Å². The van der Waals surface area contributed by atoms with E-state index in [1.54, 1.807) is 0 Å². The summed E-state index contributed by atoms with van der Waals surface area (Å²) in [6, 6.07) is 0. The molecule has 3 N–H and O–H groups in total. The van der Waals surface area contributed by atoms with Gasteiger partial charge in [0.2, 0.25) is 6.43 Å². The van der Waals surface area contributed by atoms with Crippen LogP contribution < -0.4 is 5.73 Å². The number of hydrogen-bond donors (Lipinski definition) is 2. The van der Waals surface area contributed by atoms with E-state index in [0.717, 1.165) is 0 Å². The van der Waals surface area contributed by atoms with Crippen LogP contribution in [0.1, 0.15) is 12.8 Å². The van der Waals surface area contributed by atoms with Crippen LogP contribution in [0.15, 0.2) is 0 Å². The molecule has 0 amide bonds. The molecule has 0 aliphatic heterocycles. The van der Waals surface area contributed by atoms with Gasteiger partial charge in [0.05, 0.1) is 5.60 Å². The summed E-state index contributed by atoms with van der Waals surface area (Å²) in [7, 11) is 0. The normalized spacial score (nSPS) is 39.9. The fourth-order valence-corrected chi connectivity index (χ4v) is 1.26. The molecule has 10 heavy (non-hydrogen) atoms. The number of rotatable bonds is 2. The maximum absolute atomic E-state index is 11.8. The summed E-state index contributed by atoms with van der Waals surface area (Å²) in [6.45, 7) is 0.0935. The molecule has 0 radical (unpaired) electrons. The zero-order valence-electron chi connectivity index (χ0n) is 5.56. The van der Waals surface area contributed by atoms with Gasteiger partial charge in [-0.2, -0.15) is 0 Å². The Morgan fingerprint density at radius 1 is 1.60 bits per heavy atom. The summed E-state index contributed by atoms with van der Waals surface area (Å²) < 4.78 is 23.6. The Kier molecular flexibility index (Phi) is 1.92. The first-order valence-electron chi connectivity index (χ1n) is 3.28. The second kappa shape index (κ2) is 2.43. The van der Waals surface area contributed by atoms with Crippen molar-refractivity contribution in [2.45, 2.75) is 24.9 Å². The van der Waals surface area contributed by atoms with Gasteiger partial charge in [0.25, 0.3) is 0 Å². The smallest absolute Gasteiger partial charge is 0.241 e. The number of halogens is 2. The van der Waals surface area contributed by atoms with Crippen molar-refractivity contribution in [3.05, 3.63) is 0 Å². The third-order valence-electron chi connectivity index (χ3n) is 2.02. The summed E-state index contributed by atoms with van der Waals surface area (Å²) in [5.41, 5.74) is 4.15. The topological polar surface area (TPSA) is 46.2 Å². The zero-order valence-corrected chi connectivity index (χ0v) is 5.56. The van der Waals surface area contributed by atoms with E-state index in [-0.39, 0.29) is 19.4 Å². The molecule has 0 spiro atoms. The van der Waals surface area contributed by atoms with Crippen molar-refractivity contribution in [1.29, 1.82) is 0 Å². The summed E-state index contributed by atoms with van der Waals surface area (Å²) in [4.78, 5) is 0. The third-order valence-corrected chi connectivity index (χ3v) is 2.02. The first-order valence-corrected chi connectivity index (χ1v) is 3.28. The fourth-order valence-electron chi connectivity index (χ4n) is 1.26. The molecule has 0 bridgehead atoms. The van der Waals surface area contributed by atoms with Crippen molar-refractivity contribution in [2.75, 3.05) is 6.54 Å². The van der Waals surface area contributed by atoms with Gasteiger partial charge in [-0.15, -0.1) is 0 Å². The maximum atomic E-state index is 11.8. The van der Waals surface area contributed by atoms with Gasteiger partial charge >= 0.3 is 0 Å². The first kappa shape index (κ1) is 7.88. The van der Waals surface area contributed by atoms with Crippen LogP contribution in [0.5, 0.6) is 0 Å². The molecule has 1 aliphatic carbocycles. The Labute approximate surface area is 58.0 Å². The van der Waals surface area contributed by atoms with Crippen LogP contribution in [0.25, 0.3) is 0 Å². The lowest BCUT2D eigenvalue weighted by atomic mass is 9.71. The molecule has 0 atom stereocenters. The largest absolute Gasteiger partial charge is 0.389 e. The van der Waals surface area contributed by atoms with E-state index < -0.39 is 17.9 Å². The number of nitrogens with two attached hydrogens (primary N) is 1. The molecule has 1 saturated carbocycles. The van der Waals surface area contributed by atoms with E-state index in [4.69, 9.17) is 5.73 Å². The Hall–Kier alpha value is -0.220. The summed E-state index contributed by atoms with van der Waals surface area (Å²) in [6.07, 6.45) is -1.99. The minimum absolute atomic E-state index is 0.0935. The van der Waals surface area contributed by atoms with E-state index >= 15 is 0 Å². The molecule has 0 heterocycles. The van der Waals surface area contributed by atoms with Crippen molar-refractivity contribution in [1.82, 2.24) is 0 Å². The van der Waals surface area contributed by atoms with Crippen molar-refractivity contribution in [3.8, 4) is 0 Å². The Morgan fingerprint density at radius 2 is 2.10 bits per heavy atom. The highest BCUT2D eigenvalue weighted by atomic mass is 19.3. The SMILES string of the molecule is NCC1(O)CC(C(F)F)C1. The molecular weight excluding hydrogens is 140 g/mol. The first-order chi connectivity index (χ1) is 4.57. The lowest BCUT2D eigenvalue weighted by molar-refractivity contribution is -0.114. The van der Waals surface area contributed by atoms with Crippen LogP contribution in [0.2, 0.25) is 0 Å². The Morgan fingerprint density at radius 3 is 2.40 bits per heavy atom. The van der Waals surface area contributed by atoms with E-state index in [2.05, 4.69) is 0 Å². The van der Waals surface area contributed by atoms with Crippen molar-refractivity contribution < 1.29 is 13.9 Å². The van der Waals surface area contributed by atoms with Crippen LogP contribution in [-0.4, -0.2) is 23.7 Å². The van der Waals surface area contributed by atoms with Crippen LogP contribution >= 0.6 is 0 Å². The highest BCUT2D eigenvalue weighted by Crippen LogP contribution is 2.40. The lowest BCUT2D eigenvalue weighted by Gasteiger charge is -2.42. The molecule has 60 valence electrons.